The molecular formula is C13H18NO2S+. The van der Waals surface area contributed by atoms with Gasteiger partial charge in [-0.2, -0.15) is 4.57 Å². The minimum atomic E-state index is -0.107. The number of hydrogen-bond donors (Lipinski definition) is 2. The Kier molecular flexibility index (Phi) is 4.63. The van der Waals surface area contributed by atoms with E-state index in [4.69, 9.17) is 0 Å². The van der Waals surface area contributed by atoms with Crippen LogP contribution in [0.15, 0.2) is 29.2 Å². The molecule has 17 heavy (non-hydrogen) atoms. The predicted molar refractivity (Wildman–Crippen MR) is 71.6 cm³/mol. The van der Waals surface area contributed by atoms with E-state index in [1.807, 2.05) is 38.3 Å². The Hall–Kier alpha value is -1.42. The van der Waals surface area contributed by atoms with Crippen molar-refractivity contribution < 1.29 is 14.8 Å². The molecule has 2 N–H and O–H groups in total. The second kappa shape index (κ2) is 5.77. The zero-order valence-corrected chi connectivity index (χ0v) is 11.4. The zero-order chi connectivity index (χ0) is 13.0. The van der Waals surface area contributed by atoms with Gasteiger partial charge in [0.2, 0.25) is 11.3 Å². The lowest BCUT2D eigenvalue weighted by atomic mass is 10.2. The number of benzene rings is 1. The van der Waals surface area contributed by atoms with Gasteiger partial charge < -0.3 is 10.2 Å². The second-order valence-corrected chi connectivity index (χ2v) is 4.16. The first-order valence-corrected chi connectivity index (χ1v) is 6.75. The van der Waals surface area contributed by atoms with Crippen molar-refractivity contribution >= 4 is 22.7 Å². The lowest BCUT2D eigenvalue weighted by Crippen LogP contribution is -2.29. The normalized spacial score (nSPS) is 9.88. The van der Waals surface area contributed by atoms with Crippen molar-refractivity contribution in [2.24, 2.45) is 7.05 Å². The molecule has 92 valence electrons. The van der Waals surface area contributed by atoms with Crippen molar-refractivity contribution in [3.8, 4) is 11.6 Å². The van der Waals surface area contributed by atoms with Crippen LogP contribution in [0.4, 0.5) is 0 Å². The molecule has 0 atom stereocenters. The Morgan fingerprint density at radius 1 is 1.18 bits per heavy atom. The number of para-hydroxylation sites is 1. The molecule has 0 saturated heterocycles. The molecule has 3 nitrogen and oxygen atoms in total. The maximum absolute atomic E-state index is 9.63. The van der Waals surface area contributed by atoms with E-state index in [1.54, 1.807) is 29.4 Å². The van der Waals surface area contributed by atoms with Crippen LogP contribution in [0.25, 0.3) is 10.9 Å². The number of thioether (sulfide) groups is 1. The maximum Gasteiger partial charge on any atom is 0.409 e. The summed E-state index contributed by atoms with van der Waals surface area (Å²) in [7, 11) is 1.73. The SMILES string of the molecule is CC.CSc1cccc2cc(O)c(O)[n+](C)c12. The summed E-state index contributed by atoms with van der Waals surface area (Å²) in [6, 6.07) is 7.41. The van der Waals surface area contributed by atoms with E-state index < -0.39 is 0 Å². The summed E-state index contributed by atoms with van der Waals surface area (Å²) in [5.74, 6) is -0.202. The first-order valence-electron chi connectivity index (χ1n) is 5.53. The van der Waals surface area contributed by atoms with Gasteiger partial charge >= 0.3 is 5.88 Å². The third-order valence-corrected chi connectivity index (χ3v) is 3.19. The number of fused-ring (bicyclic) bond motifs is 1. The van der Waals surface area contributed by atoms with Gasteiger partial charge in [0.25, 0.3) is 0 Å². The van der Waals surface area contributed by atoms with Crippen LogP contribution in [-0.2, 0) is 7.05 Å². The summed E-state index contributed by atoms with van der Waals surface area (Å²) in [5, 5.41) is 20.0. The summed E-state index contributed by atoms with van der Waals surface area (Å²) >= 11 is 1.61. The standard InChI is InChI=1S/C11H11NO2S.C2H6/c1-12-10-7(6-8(13)11(12)14)4-3-5-9(10)15-2;1-2/h3-6,13H,1-2H3;1-2H3/p+1. The topological polar surface area (TPSA) is 44.3 Å². The van der Waals surface area contributed by atoms with Gasteiger partial charge in [0.05, 0.1) is 10.3 Å². The van der Waals surface area contributed by atoms with E-state index in [1.165, 1.54) is 0 Å². The molecule has 2 rings (SSSR count). The van der Waals surface area contributed by atoms with Gasteiger partial charge in [-0.1, -0.05) is 19.9 Å². The molecule has 0 amide bonds. The molecule has 0 saturated carbocycles. The maximum atomic E-state index is 9.63. The van der Waals surface area contributed by atoms with Crippen LogP contribution in [0.5, 0.6) is 11.6 Å². The van der Waals surface area contributed by atoms with E-state index >= 15 is 0 Å². The quantitative estimate of drug-likeness (QED) is 0.606. The number of rotatable bonds is 1. The summed E-state index contributed by atoms with van der Waals surface area (Å²) in [6.45, 7) is 4.00. The average Bonchev–Trinajstić information content (AvgIpc) is 2.37. The fourth-order valence-electron chi connectivity index (χ4n) is 1.67. The molecule has 0 bridgehead atoms. The number of aromatic nitrogens is 1. The molecule has 1 heterocycles. The molecular weight excluding hydrogens is 234 g/mol. The molecule has 0 radical (unpaired) electrons. The number of nitrogens with zero attached hydrogens (tertiary/aromatic N) is 1. The van der Waals surface area contributed by atoms with Gasteiger partial charge in [-0.25, -0.2) is 0 Å². The van der Waals surface area contributed by atoms with E-state index in [2.05, 4.69) is 0 Å². The summed E-state index contributed by atoms with van der Waals surface area (Å²) in [4.78, 5) is 1.07. The van der Waals surface area contributed by atoms with Gasteiger partial charge in [0.1, 0.15) is 7.05 Å². The number of aromatic hydroxyl groups is 2. The van der Waals surface area contributed by atoms with Gasteiger partial charge in [-0.05, 0) is 18.4 Å². The Bertz CT molecular complexity index is 526. The monoisotopic (exact) mass is 252 g/mol. The first kappa shape index (κ1) is 13.6. The largest absolute Gasteiger partial charge is 0.500 e. The minimum Gasteiger partial charge on any atom is -0.500 e. The molecule has 0 spiro atoms. The number of pyridine rings is 1. The van der Waals surface area contributed by atoms with Crippen molar-refractivity contribution in [2.45, 2.75) is 18.7 Å². The fraction of sp³-hybridized carbons (Fsp3) is 0.308. The molecule has 2 aromatic rings. The van der Waals surface area contributed by atoms with Gasteiger partial charge in [-0.3, -0.25) is 0 Å². The minimum absolute atomic E-state index is 0.0942. The Morgan fingerprint density at radius 2 is 1.82 bits per heavy atom. The van der Waals surface area contributed by atoms with Crippen molar-refractivity contribution in [1.82, 2.24) is 0 Å². The van der Waals surface area contributed by atoms with E-state index in [0.717, 1.165) is 15.8 Å². The Labute approximate surface area is 106 Å². The van der Waals surface area contributed by atoms with Gasteiger partial charge in [0, 0.05) is 6.07 Å². The highest BCUT2D eigenvalue weighted by Crippen LogP contribution is 2.29. The molecule has 1 aromatic heterocycles. The number of aryl methyl sites for hydroxylation is 1. The van der Waals surface area contributed by atoms with Crippen LogP contribution in [0.1, 0.15) is 13.8 Å². The third-order valence-electron chi connectivity index (χ3n) is 2.42. The van der Waals surface area contributed by atoms with Crippen LogP contribution in [0.2, 0.25) is 0 Å². The van der Waals surface area contributed by atoms with E-state index in [-0.39, 0.29) is 11.6 Å². The van der Waals surface area contributed by atoms with Crippen LogP contribution in [-0.4, -0.2) is 16.5 Å². The third kappa shape index (κ3) is 2.47. The molecule has 0 unspecified atom stereocenters. The molecule has 0 aliphatic heterocycles. The second-order valence-electron chi connectivity index (χ2n) is 3.31. The van der Waals surface area contributed by atoms with Crippen molar-refractivity contribution in [1.29, 1.82) is 0 Å². The van der Waals surface area contributed by atoms with Gasteiger partial charge in [-0.15, -0.1) is 11.8 Å². The highest BCUT2D eigenvalue weighted by molar-refractivity contribution is 7.98. The molecule has 0 aliphatic rings. The zero-order valence-electron chi connectivity index (χ0n) is 10.6. The Morgan fingerprint density at radius 3 is 2.41 bits per heavy atom. The van der Waals surface area contributed by atoms with Gasteiger partial charge in [0.15, 0.2) is 0 Å². The molecule has 1 aromatic carbocycles. The Balaban J connectivity index is 0.000000686. The van der Waals surface area contributed by atoms with Crippen molar-refractivity contribution in [2.75, 3.05) is 6.26 Å². The summed E-state index contributed by atoms with van der Waals surface area (Å²) < 4.78 is 1.59. The first-order chi connectivity index (χ1) is 8.15. The predicted octanol–water partition coefficient (Wildman–Crippen LogP) is 2.82. The highest BCUT2D eigenvalue weighted by atomic mass is 32.2. The summed E-state index contributed by atoms with van der Waals surface area (Å²) in [5.41, 5.74) is 0.931. The highest BCUT2D eigenvalue weighted by Gasteiger charge is 2.18. The lowest BCUT2D eigenvalue weighted by Gasteiger charge is -2.03. The van der Waals surface area contributed by atoms with Crippen LogP contribution in [0.3, 0.4) is 0 Å². The molecule has 0 aliphatic carbocycles. The van der Waals surface area contributed by atoms with Crippen LogP contribution < -0.4 is 4.57 Å². The smallest absolute Gasteiger partial charge is 0.409 e. The van der Waals surface area contributed by atoms with Crippen LogP contribution in [0, 0.1) is 0 Å². The lowest BCUT2D eigenvalue weighted by molar-refractivity contribution is -0.653. The number of hydrogen-bond acceptors (Lipinski definition) is 3. The van der Waals surface area contributed by atoms with Crippen molar-refractivity contribution in [3.05, 3.63) is 24.3 Å². The van der Waals surface area contributed by atoms with Crippen molar-refractivity contribution in [3.63, 3.8) is 0 Å². The van der Waals surface area contributed by atoms with E-state index in [9.17, 15) is 10.2 Å². The average molecular weight is 252 g/mol. The molecule has 0 fully saturated rings. The summed E-state index contributed by atoms with van der Waals surface area (Å²) in [6.07, 6.45) is 1.98. The molecule has 4 heteroatoms. The van der Waals surface area contributed by atoms with E-state index in [0.29, 0.717) is 0 Å². The fourth-order valence-corrected chi connectivity index (χ4v) is 2.33. The van der Waals surface area contributed by atoms with Crippen LogP contribution >= 0.6 is 11.8 Å².